The first-order chi connectivity index (χ1) is 7.19. The Hall–Kier alpha value is -1.14. The molecule has 1 atom stereocenters. The van der Waals surface area contributed by atoms with Crippen LogP contribution in [0.4, 0.5) is 0 Å². The monoisotopic (exact) mass is 218 g/mol. The van der Waals surface area contributed by atoms with Gasteiger partial charge in [0.05, 0.1) is 33.9 Å². The van der Waals surface area contributed by atoms with Gasteiger partial charge in [-0.2, -0.15) is 0 Å². The van der Waals surface area contributed by atoms with Crippen LogP contribution >= 0.6 is 0 Å². The molecule has 86 valence electrons. The minimum atomic E-state index is -0.759. The van der Waals surface area contributed by atoms with Crippen LogP contribution in [-0.2, 0) is 28.5 Å². The van der Waals surface area contributed by atoms with Gasteiger partial charge in [-0.3, -0.25) is 9.59 Å². The van der Waals surface area contributed by atoms with Crippen molar-refractivity contribution in [3.63, 3.8) is 0 Å². The van der Waals surface area contributed by atoms with Gasteiger partial charge in [0.25, 0.3) is 0 Å². The molecule has 0 aliphatic carbocycles. The van der Waals surface area contributed by atoms with Crippen LogP contribution in [0.25, 0.3) is 0 Å². The molecule has 15 heavy (non-hydrogen) atoms. The van der Waals surface area contributed by atoms with E-state index < -0.39 is 24.1 Å². The summed E-state index contributed by atoms with van der Waals surface area (Å²) in [5.74, 6) is -1.79. The Kier molecular flexibility index (Phi) is 4.51. The smallest absolute Gasteiger partial charge is 0.314 e. The van der Waals surface area contributed by atoms with E-state index in [0.29, 0.717) is 13.2 Å². The molecule has 0 aromatic rings. The van der Waals surface area contributed by atoms with Crippen molar-refractivity contribution in [1.82, 2.24) is 0 Å². The second kappa shape index (κ2) is 5.67. The Morgan fingerprint density at radius 1 is 1.27 bits per heavy atom. The molecule has 0 saturated carbocycles. The second-order valence-corrected chi connectivity index (χ2v) is 3.02. The summed E-state index contributed by atoms with van der Waals surface area (Å²) in [4.78, 5) is 22.4. The summed E-state index contributed by atoms with van der Waals surface area (Å²) in [6.45, 7) is 0.832. The van der Waals surface area contributed by atoms with Crippen LogP contribution in [-0.4, -0.2) is 45.7 Å². The highest BCUT2D eigenvalue weighted by atomic mass is 16.7. The van der Waals surface area contributed by atoms with Gasteiger partial charge in [0, 0.05) is 0 Å². The van der Waals surface area contributed by atoms with E-state index in [2.05, 4.69) is 9.47 Å². The highest BCUT2D eigenvalue weighted by Crippen LogP contribution is 2.20. The first-order valence-corrected chi connectivity index (χ1v) is 4.57. The fourth-order valence-corrected chi connectivity index (χ4v) is 1.31. The molecule has 1 heterocycles. The van der Waals surface area contributed by atoms with Crippen LogP contribution in [0, 0.1) is 5.92 Å². The standard InChI is InChI=1S/C9H14O6/c1-12-7(10)5-6(8(11)13-2)9-14-3-4-15-9/h6,9H,3-5H2,1-2H3. The SMILES string of the molecule is COC(=O)CC(C(=O)OC)C1OCCO1. The minimum Gasteiger partial charge on any atom is -0.469 e. The van der Waals surface area contributed by atoms with Gasteiger partial charge in [0.1, 0.15) is 5.92 Å². The predicted molar refractivity (Wildman–Crippen MR) is 47.8 cm³/mol. The predicted octanol–water partition coefficient (Wildman–Crippen LogP) is -0.288. The van der Waals surface area contributed by atoms with Gasteiger partial charge in [-0.25, -0.2) is 0 Å². The van der Waals surface area contributed by atoms with Crippen molar-refractivity contribution in [1.29, 1.82) is 0 Å². The summed E-state index contributed by atoms with van der Waals surface area (Å²) < 4.78 is 19.3. The molecule has 6 heteroatoms. The molecule has 1 aliphatic rings. The number of carbonyl (C=O) groups excluding carboxylic acids is 2. The molecule has 1 rings (SSSR count). The third-order valence-corrected chi connectivity index (χ3v) is 2.09. The number of rotatable bonds is 4. The maximum atomic E-state index is 11.4. The van der Waals surface area contributed by atoms with Crippen molar-refractivity contribution in [2.24, 2.45) is 5.92 Å². The zero-order valence-electron chi connectivity index (χ0n) is 8.73. The van der Waals surface area contributed by atoms with Crippen molar-refractivity contribution < 1.29 is 28.5 Å². The molecule has 0 radical (unpaired) electrons. The number of methoxy groups -OCH3 is 2. The Balaban J connectivity index is 2.59. The number of hydrogen-bond acceptors (Lipinski definition) is 6. The number of esters is 2. The van der Waals surface area contributed by atoms with Gasteiger partial charge in [0.2, 0.25) is 0 Å². The van der Waals surface area contributed by atoms with Gasteiger partial charge in [-0.1, -0.05) is 0 Å². The average molecular weight is 218 g/mol. The Bertz CT molecular complexity index is 233. The van der Waals surface area contributed by atoms with Crippen LogP contribution in [0.5, 0.6) is 0 Å². The van der Waals surface area contributed by atoms with Crippen LogP contribution in [0.15, 0.2) is 0 Å². The first kappa shape index (κ1) is 11.9. The first-order valence-electron chi connectivity index (χ1n) is 4.57. The quantitative estimate of drug-likeness (QED) is 0.604. The van der Waals surface area contributed by atoms with Crippen LogP contribution in [0.1, 0.15) is 6.42 Å². The van der Waals surface area contributed by atoms with E-state index in [1.165, 1.54) is 14.2 Å². The lowest BCUT2D eigenvalue weighted by Gasteiger charge is -2.18. The lowest BCUT2D eigenvalue weighted by molar-refractivity contribution is -0.168. The molecule has 0 N–H and O–H groups in total. The lowest BCUT2D eigenvalue weighted by Crippen LogP contribution is -2.32. The maximum absolute atomic E-state index is 11.4. The number of ether oxygens (including phenoxy) is 4. The van der Waals surface area contributed by atoms with Crippen molar-refractivity contribution in [3.8, 4) is 0 Å². The molecular formula is C9H14O6. The topological polar surface area (TPSA) is 71.1 Å². The Morgan fingerprint density at radius 2 is 1.87 bits per heavy atom. The zero-order valence-corrected chi connectivity index (χ0v) is 8.73. The molecule has 1 saturated heterocycles. The summed E-state index contributed by atoms with van der Waals surface area (Å²) in [5.41, 5.74) is 0. The van der Waals surface area contributed by atoms with E-state index in [1.807, 2.05) is 0 Å². The van der Waals surface area contributed by atoms with Crippen LogP contribution in [0.3, 0.4) is 0 Å². The fourth-order valence-electron chi connectivity index (χ4n) is 1.31. The van der Waals surface area contributed by atoms with Crippen molar-refractivity contribution in [2.75, 3.05) is 27.4 Å². The summed E-state index contributed by atoms with van der Waals surface area (Å²) in [5, 5.41) is 0. The highest BCUT2D eigenvalue weighted by molar-refractivity contribution is 5.80. The van der Waals surface area contributed by atoms with Crippen molar-refractivity contribution >= 4 is 11.9 Å². The van der Waals surface area contributed by atoms with E-state index >= 15 is 0 Å². The summed E-state index contributed by atoms with van der Waals surface area (Å²) in [7, 11) is 2.51. The highest BCUT2D eigenvalue weighted by Gasteiger charge is 2.35. The van der Waals surface area contributed by atoms with E-state index in [0.717, 1.165) is 0 Å². The third-order valence-electron chi connectivity index (χ3n) is 2.09. The summed E-state index contributed by atoms with van der Waals surface area (Å²) in [6, 6.07) is 0. The van der Waals surface area contributed by atoms with Gasteiger partial charge >= 0.3 is 11.9 Å². The van der Waals surface area contributed by atoms with Crippen LogP contribution < -0.4 is 0 Å². The average Bonchev–Trinajstić information content (AvgIpc) is 2.77. The second-order valence-electron chi connectivity index (χ2n) is 3.02. The molecule has 6 nitrogen and oxygen atoms in total. The maximum Gasteiger partial charge on any atom is 0.314 e. The summed E-state index contributed by atoms with van der Waals surface area (Å²) >= 11 is 0. The van der Waals surface area contributed by atoms with Gasteiger partial charge in [0.15, 0.2) is 6.29 Å². The lowest BCUT2D eigenvalue weighted by atomic mass is 10.1. The molecule has 1 aliphatic heterocycles. The normalized spacial score (nSPS) is 18.5. The molecule has 0 spiro atoms. The molecule has 0 amide bonds. The molecule has 0 aromatic heterocycles. The molecule has 0 aromatic carbocycles. The van der Waals surface area contributed by atoms with Gasteiger partial charge in [-0.05, 0) is 0 Å². The van der Waals surface area contributed by atoms with Crippen LogP contribution in [0.2, 0.25) is 0 Å². The van der Waals surface area contributed by atoms with Crippen molar-refractivity contribution in [2.45, 2.75) is 12.7 Å². The van der Waals surface area contributed by atoms with E-state index in [1.54, 1.807) is 0 Å². The van der Waals surface area contributed by atoms with Gasteiger partial charge < -0.3 is 18.9 Å². The van der Waals surface area contributed by atoms with E-state index in [9.17, 15) is 9.59 Å². The molecular weight excluding hydrogens is 204 g/mol. The molecule has 0 bridgehead atoms. The Morgan fingerprint density at radius 3 is 2.33 bits per heavy atom. The summed E-state index contributed by atoms with van der Waals surface area (Å²) in [6.07, 6.45) is -0.815. The zero-order chi connectivity index (χ0) is 11.3. The third kappa shape index (κ3) is 3.17. The molecule has 1 unspecified atom stereocenters. The van der Waals surface area contributed by atoms with E-state index in [4.69, 9.17) is 9.47 Å². The van der Waals surface area contributed by atoms with Gasteiger partial charge in [-0.15, -0.1) is 0 Å². The fraction of sp³-hybridized carbons (Fsp3) is 0.778. The number of hydrogen-bond donors (Lipinski definition) is 0. The largest absolute Gasteiger partial charge is 0.469 e. The minimum absolute atomic E-state index is 0.103. The van der Waals surface area contributed by atoms with Crippen molar-refractivity contribution in [3.05, 3.63) is 0 Å². The van der Waals surface area contributed by atoms with E-state index in [-0.39, 0.29) is 6.42 Å². The number of carbonyl (C=O) groups is 2. The Labute approximate surface area is 87.4 Å². The molecule has 1 fully saturated rings.